The molecular formula is C19H21ClN2O4S. The molecule has 8 heteroatoms. The van der Waals surface area contributed by atoms with Gasteiger partial charge in [0.1, 0.15) is 0 Å². The molecule has 0 fully saturated rings. The van der Waals surface area contributed by atoms with Crippen LogP contribution in [0, 0.1) is 5.41 Å². The number of rotatable bonds is 5. The van der Waals surface area contributed by atoms with E-state index in [1.54, 1.807) is 45.0 Å². The first kappa shape index (κ1) is 20.9. The van der Waals surface area contributed by atoms with Crippen molar-refractivity contribution in [3.63, 3.8) is 0 Å². The van der Waals surface area contributed by atoms with Gasteiger partial charge < -0.3 is 5.32 Å². The van der Waals surface area contributed by atoms with Gasteiger partial charge in [0.25, 0.3) is 10.0 Å². The molecule has 6 nitrogen and oxygen atoms in total. The lowest BCUT2D eigenvalue weighted by Gasteiger charge is -2.17. The van der Waals surface area contributed by atoms with Crippen LogP contribution in [-0.4, -0.2) is 20.2 Å². The van der Waals surface area contributed by atoms with Crippen LogP contribution in [0.5, 0.6) is 0 Å². The Kier molecular flexibility index (Phi) is 6.28. The Morgan fingerprint density at radius 3 is 2.04 bits per heavy atom. The van der Waals surface area contributed by atoms with Crippen LogP contribution in [0.3, 0.4) is 0 Å². The maximum atomic E-state index is 12.3. The minimum absolute atomic E-state index is 0.0688. The topological polar surface area (TPSA) is 92.3 Å². The van der Waals surface area contributed by atoms with Crippen LogP contribution in [0.15, 0.2) is 53.4 Å². The van der Waals surface area contributed by atoms with Crippen LogP contribution in [-0.2, 0) is 26.0 Å². The third kappa shape index (κ3) is 6.08. The van der Waals surface area contributed by atoms with E-state index in [4.69, 9.17) is 11.6 Å². The summed E-state index contributed by atoms with van der Waals surface area (Å²) in [5.41, 5.74) is 0.550. The van der Waals surface area contributed by atoms with Gasteiger partial charge >= 0.3 is 0 Å². The zero-order valence-electron chi connectivity index (χ0n) is 15.2. The number of nitrogens with one attached hydrogen (secondary N) is 2. The maximum Gasteiger partial charge on any atom is 0.264 e. The molecule has 2 aromatic rings. The second-order valence-corrected chi connectivity index (χ2v) is 9.18. The number of amides is 2. The summed E-state index contributed by atoms with van der Waals surface area (Å²) in [5.74, 6) is -0.836. The lowest BCUT2D eigenvalue weighted by Crippen LogP contribution is -2.31. The van der Waals surface area contributed by atoms with E-state index in [0.717, 1.165) is 0 Å². The number of sulfonamides is 1. The van der Waals surface area contributed by atoms with E-state index in [1.807, 2.05) is 4.72 Å². The Morgan fingerprint density at radius 2 is 1.52 bits per heavy atom. The Hall–Kier alpha value is -2.38. The van der Waals surface area contributed by atoms with Crippen molar-refractivity contribution in [1.29, 1.82) is 0 Å². The molecule has 2 aromatic carbocycles. The average Bonchev–Trinajstić information content (AvgIpc) is 2.56. The van der Waals surface area contributed by atoms with Crippen LogP contribution in [0.25, 0.3) is 0 Å². The van der Waals surface area contributed by atoms with Crippen molar-refractivity contribution >= 4 is 39.1 Å². The molecular weight excluding hydrogens is 388 g/mol. The lowest BCUT2D eigenvalue weighted by atomic mass is 9.95. The molecule has 27 heavy (non-hydrogen) atoms. The highest BCUT2D eigenvalue weighted by atomic mass is 35.5. The highest BCUT2D eigenvalue weighted by Gasteiger charge is 2.22. The Labute approximate surface area is 164 Å². The van der Waals surface area contributed by atoms with E-state index in [0.29, 0.717) is 16.3 Å². The summed E-state index contributed by atoms with van der Waals surface area (Å²) < 4.78 is 26.7. The fraction of sp³-hybridized carbons (Fsp3) is 0.263. The molecule has 2 N–H and O–H groups in total. The monoisotopic (exact) mass is 408 g/mol. The quantitative estimate of drug-likeness (QED) is 0.793. The first-order chi connectivity index (χ1) is 12.5. The molecule has 2 rings (SSSR count). The summed E-state index contributed by atoms with van der Waals surface area (Å²) in [7, 11) is -4.00. The number of benzene rings is 2. The zero-order chi connectivity index (χ0) is 20.2. The molecule has 0 heterocycles. The van der Waals surface area contributed by atoms with Crippen molar-refractivity contribution < 1.29 is 18.0 Å². The number of hydrogen-bond acceptors (Lipinski definition) is 4. The number of carbonyl (C=O) groups excluding carboxylic acids is 2. The molecule has 0 aliphatic carbocycles. The minimum atomic E-state index is -4.00. The number of anilines is 1. The van der Waals surface area contributed by atoms with E-state index in [9.17, 15) is 18.0 Å². The standard InChI is InChI=1S/C19H21ClN2O4S/c1-19(2,3)18(24)21-15-8-10-16(11-9-15)27(25,26)22-17(23)12-13-4-6-14(20)7-5-13/h4-11H,12H2,1-3H3,(H,21,24)(H,22,23). The van der Waals surface area contributed by atoms with Gasteiger partial charge in [0.15, 0.2) is 0 Å². The summed E-state index contributed by atoms with van der Waals surface area (Å²) >= 11 is 5.78. The van der Waals surface area contributed by atoms with Crippen molar-refractivity contribution in [2.24, 2.45) is 5.41 Å². The van der Waals surface area contributed by atoms with Gasteiger partial charge in [0.05, 0.1) is 11.3 Å². The Balaban J connectivity index is 2.04. The summed E-state index contributed by atoms with van der Waals surface area (Å²) in [6.07, 6.45) is -0.0872. The van der Waals surface area contributed by atoms with Gasteiger partial charge in [-0.3, -0.25) is 9.59 Å². The van der Waals surface area contributed by atoms with Gasteiger partial charge in [-0.2, -0.15) is 0 Å². The Morgan fingerprint density at radius 1 is 0.963 bits per heavy atom. The van der Waals surface area contributed by atoms with Gasteiger partial charge in [0, 0.05) is 16.1 Å². The maximum absolute atomic E-state index is 12.3. The van der Waals surface area contributed by atoms with Gasteiger partial charge in [-0.15, -0.1) is 0 Å². The molecule has 0 spiro atoms. The second kappa shape index (κ2) is 8.10. The van der Waals surface area contributed by atoms with Crippen LogP contribution >= 0.6 is 11.6 Å². The van der Waals surface area contributed by atoms with Crippen molar-refractivity contribution in [3.8, 4) is 0 Å². The highest BCUT2D eigenvalue weighted by Crippen LogP contribution is 2.19. The summed E-state index contributed by atoms with van der Waals surface area (Å²) in [4.78, 5) is 23.9. The van der Waals surface area contributed by atoms with Gasteiger partial charge in [0.2, 0.25) is 11.8 Å². The molecule has 2 amide bonds. The third-order valence-corrected chi connectivity index (χ3v) is 5.27. The summed E-state index contributed by atoms with van der Waals surface area (Å²) in [6.45, 7) is 5.33. The molecule has 0 saturated heterocycles. The van der Waals surface area contributed by atoms with Gasteiger partial charge in [-0.05, 0) is 42.0 Å². The zero-order valence-corrected chi connectivity index (χ0v) is 16.8. The number of hydrogen-bond donors (Lipinski definition) is 2. The summed E-state index contributed by atoms with van der Waals surface area (Å²) in [6, 6.07) is 12.2. The van der Waals surface area contributed by atoms with Crippen LogP contribution < -0.4 is 10.0 Å². The van der Waals surface area contributed by atoms with E-state index in [2.05, 4.69) is 5.32 Å². The molecule has 0 aromatic heterocycles. The van der Waals surface area contributed by atoms with E-state index in [-0.39, 0.29) is 17.2 Å². The van der Waals surface area contributed by atoms with Crippen LogP contribution in [0.2, 0.25) is 5.02 Å². The van der Waals surface area contributed by atoms with Crippen LogP contribution in [0.4, 0.5) is 5.69 Å². The smallest absolute Gasteiger partial charge is 0.264 e. The Bertz CT molecular complexity index is 931. The van der Waals surface area contributed by atoms with Crippen molar-refractivity contribution in [3.05, 3.63) is 59.1 Å². The van der Waals surface area contributed by atoms with Crippen LogP contribution in [0.1, 0.15) is 26.3 Å². The normalized spacial score (nSPS) is 11.7. The minimum Gasteiger partial charge on any atom is -0.326 e. The molecule has 0 aliphatic heterocycles. The molecule has 0 bridgehead atoms. The first-order valence-corrected chi connectivity index (χ1v) is 10.0. The SMILES string of the molecule is CC(C)(C)C(=O)Nc1ccc(S(=O)(=O)NC(=O)Cc2ccc(Cl)cc2)cc1. The fourth-order valence-corrected chi connectivity index (χ4v) is 3.18. The van der Waals surface area contributed by atoms with Gasteiger partial charge in [-0.25, -0.2) is 13.1 Å². The van der Waals surface area contributed by atoms with E-state index >= 15 is 0 Å². The van der Waals surface area contributed by atoms with Crippen molar-refractivity contribution in [1.82, 2.24) is 4.72 Å². The average molecular weight is 409 g/mol. The first-order valence-electron chi connectivity index (χ1n) is 8.19. The molecule has 144 valence electrons. The van der Waals surface area contributed by atoms with Gasteiger partial charge in [-0.1, -0.05) is 44.5 Å². The highest BCUT2D eigenvalue weighted by molar-refractivity contribution is 7.90. The van der Waals surface area contributed by atoms with E-state index in [1.165, 1.54) is 24.3 Å². The summed E-state index contributed by atoms with van der Waals surface area (Å²) in [5, 5.41) is 3.24. The van der Waals surface area contributed by atoms with E-state index < -0.39 is 21.3 Å². The lowest BCUT2D eigenvalue weighted by molar-refractivity contribution is -0.123. The second-order valence-electron chi connectivity index (χ2n) is 7.06. The molecule has 0 unspecified atom stereocenters. The molecule has 0 aliphatic rings. The predicted octanol–water partition coefficient (Wildman–Crippen LogP) is 3.37. The molecule has 0 atom stereocenters. The number of halogens is 1. The predicted molar refractivity (Wildman–Crippen MR) is 105 cm³/mol. The molecule has 0 saturated carbocycles. The molecule has 0 radical (unpaired) electrons. The third-order valence-electron chi connectivity index (χ3n) is 3.63. The fourth-order valence-electron chi connectivity index (χ4n) is 2.07. The number of carbonyl (C=O) groups is 2. The largest absolute Gasteiger partial charge is 0.326 e. The van der Waals surface area contributed by atoms with Crippen molar-refractivity contribution in [2.45, 2.75) is 32.1 Å². The van der Waals surface area contributed by atoms with Crippen molar-refractivity contribution in [2.75, 3.05) is 5.32 Å².